The molecule has 0 saturated heterocycles. The lowest BCUT2D eigenvalue weighted by atomic mass is 9.80. The van der Waals surface area contributed by atoms with E-state index in [1.54, 1.807) is 11.9 Å². The van der Waals surface area contributed by atoms with Gasteiger partial charge in [-0.15, -0.1) is 6.42 Å². The Morgan fingerprint density at radius 1 is 1.50 bits per heavy atom. The van der Waals surface area contributed by atoms with Gasteiger partial charge in [0.05, 0.1) is 6.54 Å². The molecular formula is C11H17NO2. The highest BCUT2D eigenvalue weighted by atomic mass is 16.4. The highest BCUT2D eigenvalue weighted by Crippen LogP contribution is 2.32. The van der Waals surface area contributed by atoms with Crippen LogP contribution in [0, 0.1) is 12.3 Å². The highest BCUT2D eigenvalue weighted by molar-refractivity contribution is 5.79. The van der Waals surface area contributed by atoms with E-state index in [0.717, 1.165) is 32.1 Å². The van der Waals surface area contributed by atoms with Crippen LogP contribution in [0.25, 0.3) is 0 Å². The van der Waals surface area contributed by atoms with E-state index in [4.69, 9.17) is 6.42 Å². The molecule has 0 radical (unpaired) electrons. The van der Waals surface area contributed by atoms with Crippen LogP contribution in [0.5, 0.6) is 0 Å². The molecule has 0 spiro atoms. The third-order valence-electron chi connectivity index (χ3n) is 3.14. The molecule has 1 rings (SSSR count). The summed E-state index contributed by atoms with van der Waals surface area (Å²) in [7, 11) is 1.80. The zero-order valence-electron chi connectivity index (χ0n) is 8.62. The van der Waals surface area contributed by atoms with Gasteiger partial charge in [0.15, 0.2) is 0 Å². The molecule has 0 aromatic heterocycles. The van der Waals surface area contributed by atoms with Crippen LogP contribution in [-0.2, 0) is 4.79 Å². The number of terminal acetylenes is 1. The van der Waals surface area contributed by atoms with Crippen LogP contribution in [0.15, 0.2) is 0 Å². The molecule has 14 heavy (non-hydrogen) atoms. The van der Waals surface area contributed by atoms with Crippen LogP contribution in [0.3, 0.4) is 0 Å². The first kappa shape index (κ1) is 11.1. The van der Waals surface area contributed by atoms with E-state index in [1.165, 1.54) is 0 Å². The Morgan fingerprint density at radius 3 is 2.50 bits per heavy atom. The van der Waals surface area contributed by atoms with E-state index < -0.39 is 11.5 Å². The first-order chi connectivity index (χ1) is 6.63. The standard InChI is InChI=1S/C11H17NO2/c1-3-9-12(2)11(10(13)14)7-5-4-6-8-11/h1H,4-9H2,2H3,(H,13,14). The minimum Gasteiger partial charge on any atom is -0.480 e. The van der Waals surface area contributed by atoms with Gasteiger partial charge >= 0.3 is 5.97 Å². The molecule has 3 heteroatoms. The van der Waals surface area contributed by atoms with Crippen LogP contribution >= 0.6 is 0 Å². The summed E-state index contributed by atoms with van der Waals surface area (Å²) in [6.45, 7) is 0.409. The largest absolute Gasteiger partial charge is 0.480 e. The van der Waals surface area contributed by atoms with Crippen LogP contribution in [0.1, 0.15) is 32.1 Å². The Labute approximate surface area is 85.1 Å². The molecule has 1 fully saturated rings. The lowest BCUT2D eigenvalue weighted by molar-refractivity contribution is -0.152. The number of carbonyl (C=O) groups is 1. The summed E-state index contributed by atoms with van der Waals surface area (Å²) in [5, 5.41) is 9.28. The van der Waals surface area contributed by atoms with Gasteiger partial charge in [-0.3, -0.25) is 9.69 Å². The first-order valence-corrected chi connectivity index (χ1v) is 5.01. The molecule has 1 saturated carbocycles. The van der Waals surface area contributed by atoms with Crippen molar-refractivity contribution in [2.45, 2.75) is 37.6 Å². The predicted octanol–water partition coefficient (Wildman–Crippen LogP) is 1.34. The molecule has 78 valence electrons. The fourth-order valence-corrected chi connectivity index (χ4v) is 2.18. The number of hydrogen-bond acceptors (Lipinski definition) is 2. The second-order valence-electron chi connectivity index (χ2n) is 3.96. The van der Waals surface area contributed by atoms with E-state index in [-0.39, 0.29) is 0 Å². The normalized spacial score (nSPS) is 20.4. The van der Waals surface area contributed by atoms with Crippen molar-refractivity contribution >= 4 is 5.97 Å². The monoisotopic (exact) mass is 195 g/mol. The number of likely N-dealkylation sites (N-methyl/N-ethyl adjacent to an activating group) is 1. The molecule has 0 aromatic carbocycles. The summed E-state index contributed by atoms with van der Waals surface area (Å²) in [6, 6.07) is 0. The molecule has 1 aliphatic carbocycles. The van der Waals surface area contributed by atoms with Crippen molar-refractivity contribution in [1.29, 1.82) is 0 Å². The topological polar surface area (TPSA) is 40.5 Å². The number of carboxylic acid groups (broad SMARTS) is 1. The van der Waals surface area contributed by atoms with Gasteiger partial charge in [-0.2, -0.15) is 0 Å². The first-order valence-electron chi connectivity index (χ1n) is 5.01. The van der Waals surface area contributed by atoms with Gasteiger partial charge in [0.1, 0.15) is 5.54 Å². The maximum Gasteiger partial charge on any atom is 0.324 e. The molecule has 0 aliphatic heterocycles. The van der Waals surface area contributed by atoms with Crippen molar-refractivity contribution in [3.05, 3.63) is 0 Å². The highest BCUT2D eigenvalue weighted by Gasteiger charge is 2.42. The van der Waals surface area contributed by atoms with Gasteiger partial charge in [0.2, 0.25) is 0 Å². The van der Waals surface area contributed by atoms with E-state index in [0.29, 0.717) is 6.54 Å². The van der Waals surface area contributed by atoms with E-state index in [1.807, 2.05) is 0 Å². The van der Waals surface area contributed by atoms with E-state index in [9.17, 15) is 9.90 Å². The second-order valence-corrected chi connectivity index (χ2v) is 3.96. The van der Waals surface area contributed by atoms with Gasteiger partial charge < -0.3 is 5.11 Å². The molecule has 1 N–H and O–H groups in total. The summed E-state index contributed by atoms with van der Waals surface area (Å²) >= 11 is 0. The predicted molar refractivity (Wildman–Crippen MR) is 54.9 cm³/mol. The van der Waals surface area contributed by atoms with Crippen molar-refractivity contribution in [3.63, 3.8) is 0 Å². The summed E-state index contributed by atoms with van der Waals surface area (Å²) in [5.41, 5.74) is -0.704. The van der Waals surface area contributed by atoms with Crippen LogP contribution in [0.4, 0.5) is 0 Å². The van der Waals surface area contributed by atoms with Crippen molar-refractivity contribution in [2.75, 3.05) is 13.6 Å². The smallest absolute Gasteiger partial charge is 0.324 e. The maximum absolute atomic E-state index is 11.3. The quantitative estimate of drug-likeness (QED) is 0.691. The molecule has 0 unspecified atom stereocenters. The zero-order chi connectivity index (χ0) is 10.6. The van der Waals surface area contributed by atoms with E-state index in [2.05, 4.69) is 5.92 Å². The minimum atomic E-state index is -0.727. The Balaban J connectivity index is 2.80. The summed E-state index contributed by atoms with van der Waals surface area (Å²) in [4.78, 5) is 13.1. The third kappa shape index (κ3) is 1.91. The Morgan fingerprint density at radius 2 is 2.07 bits per heavy atom. The number of hydrogen-bond donors (Lipinski definition) is 1. The minimum absolute atomic E-state index is 0.409. The molecule has 3 nitrogen and oxygen atoms in total. The number of rotatable bonds is 3. The fraction of sp³-hybridized carbons (Fsp3) is 0.727. The molecule has 0 aromatic rings. The maximum atomic E-state index is 11.3. The van der Waals surface area contributed by atoms with Gasteiger partial charge in [0, 0.05) is 0 Å². The van der Waals surface area contributed by atoms with E-state index >= 15 is 0 Å². The molecule has 0 atom stereocenters. The average molecular weight is 195 g/mol. The van der Waals surface area contributed by atoms with Crippen molar-refractivity contribution in [3.8, 4) is 12.3 Å². The van der Waals surface area contributed by atoms with Crippen molar-refractivity contribution in [1.82, 2.24) is 4.90 Å². The van der Waals surface area contributed by atoms with Gasteiger partial charge in [0.25, 0.3) is 0 Å². The SMILES string of the molecule is C#CCN(C)C1(C(=O)O)CCCCC1. The molecule has 0 amide bonds. The molecule has 0 bridgehead atoms. The van der Waals surface area contributed by atoms with Crippen LogP contribution in [0.2, 0.25) is 0 Å². The average Bonchev–Trinajstić information content (AvgIpc) is 2.19. The van der Waals surface area contributed by atoms with Gasteiger partial charge in [-0.05, 0) is 19.9 Å². The summed E-state index contributed by atoms with van der Waals surface area (Å²) < 4.78 is 0. The number of nitrogens with zero attached hydrogens (tertiary/aromatic N) is 1. The fourth-order valence-electron chi connectivity index (χ4n) is 2.18. The summed E-state index contributed by atoms with van der Waals surface area (Å²) in [6.07, 6.45) is 9.77. The molecule has 0 heterocycles. The molecule has 1 aliphatic rings. The van der Waals surface area contributed by atoms with Gasteiger partial charge in [-0.1, -0.05) is 25.2 Å². The van der Waals surface area contributed by atoms with Crippen LogP contribution < -0.4 is 0 Å². The van der Waals surface area contributed by atoms with Crippen LogP contribution in [-0.4, -0.2) is 35.1 Å². The number of aliphatic carboxylic acids is 1. The third-order valence-corrected chi connectivity index (χ3v) is 3.14. The number of carboxylic acids is 1. The lowest BCUT2D eigenvalue weighted by Crippen LogP contribution is -2.54. The molecular weight excluding hydrogens is 178 g/mol. The Kier molecular flexibility index (Phi) is 3.54. The zero-order valence-corrected chi connectivity index (χ0v) is 8.62. The Hall–Kier alpha value is -1.01. The second kappa shape index (κ2) is 4.47. The Bertz CT molecular complexity index is 249. The lowest BCUT2D eigenvalue weighted by Gasteiger charge is -2.40. The van der Waals surface area contributed by atoms with Crippen molar-refractivity contribution < 1.29 is 9.90 Å². The van der Waals surface area contributed by atoms with Gasteiger partial charge in [-0.25, -0.2) is 0 Å². The summed E-state index contributed by atoms with van der Waals surface area (Å²) in [5.74, 6) is 1.78. The van der Waals surface area contributed by atoms with Crippen molar-refractivity contribution in [2.24, 2.45) is 0 Å².